The van der Waals surface area contributed by atoms with Gasteiger partial charge in [0, 0.05) is 12.1 Å². The van der Waals surface area contributed by atoms with E-state index < -0.39 is 19.5 Å². The molecule has 0 fully saturated rings. The molecule has 0 saturated heterocycles. The quantitative estimate of drug-likeness (QED) is 0.606. The smallest absolute Gasteiger partial charge is 0.362 e. The fourth-order valence-electron chi connectivity index (χ4n) is 1.75. The lowest BCUT2D eigenvalue weighted by Crippen LogP contribution is -2.35. The van der Waals surface area contributed by atoms with Gasteiger partial charge in [0.2, 0.25) is 5.34 Å². The van der Waals surface area contributed by atoms with Crippen molar-refractivity contribution in [1.82, 2.24) is 0 Å². The van der Waals surface area contributed by atoms with Crippen molar-refractivity contribution in [2.75, 3.05) is 6.54 Å². The molecule has 0 aliphatic carbocycles. The summed E-state index contributed by atoms with van der Waals surface area (Å²) in [7, 11) is -4.75. The highest BCUT2D eigenvalue weighted by Crippen LogP contribution is 2.55. The van der Waals surface area contributed by atoms with Gasteiger partial charge >= 0.3 is 7.60 Å². The number of hydrogen-bond acceptors (Lipinski definition) is 3. The lowest BCUT2D eigenvalue weighted by Gasteiger charge is -2.30. The van der Waals surface area contributed by atoms with E-state index in [9.17, 15) is 19.5 Å². The highest BCUT2D eigenvalue weighted by Gasteiger charge is 2.47. The Morgan fingerprint density at radius 2 is 1.88 bits per heavy atom. The minimum Gasteiger partial charge on any atom is -0.372 e. The van der Waals surface area contributed by atoms with E-state index in [0.717, 1.165) is 0 Å². The topological polar surface area (TPSA) is 104 Å². The second-order valence-electron chi connectivity index (χ2n) is 4.31. The average molecular weight is 259 g/mol. The van der Waals surface area contributed by atoms with E-state index in [1.165, 1.54) is 6.07 Å². The van der Waals surface area contributed by atoms with E-state index in [1.807, 2.05) is 13.8 Å². The monoisotopic (exact) mass is 259 g/mol. The van der Waals surface area contributed by atoms with E-state index in [4.69, 9.17) is 5.73 Å². The van der Waals surface area contributed by atoms with Gasteiger partial charge in [-0.25, -0.2) is 0 Å². The number of benzene rings is 1. The van der Waals surface area contributed by atoms with Gasteiger partial charge in [-0.1, -0.05) is 38.1 Å². The maximum absolute atomic E-state index is 11.4. The number of hydrogen-bond donors (Lipinski definition) is 4. The normalized spacial score (nSPS) is 15.9. The molecule has 17 heavy (non-hydrogen) atoms. The van der Waals surface area contributed by atoms with Crippen LogP contribution in [0, 0.1) is 0 Å². The maximum atomic E-state index is 11.4. The van der Waals surface area contributed by atoms with Crippen LogP contribution in [0.3, 0.4) is 0 Å². The first-order chi connectivity index (χ1) is 7.74. The van der Waals surface area contributed by atoms with Gasteiger partial charge in [0.1, 0.15) is 0 Å². The molecule has 6 heteroatoms. The Kier molecular flexibility index (Phi) is 4.12. The Morgan fingerprint density at radius 3 is 2.29 bits per heavy atom. The van der Waals surface area contributed by atoms with Gasteiger partial charge in [-0.3, -0.25) is 4.57 Å². The summed E-state index contributed by atoms with van der Waals surface area (Å²) in [6.07, 6.45) is 0. The van der Waals surface area contributed by atoms with Crippen LogP contribution in [0.25, 0.3) is 0 Å². The van der Waals surface area contributed by atoms with Crippen LogP contribution in [0.4, 0.5) is 0 Å². The Balaban J connectivity index is 3.46. The van der Waals surface area contributed by atoms with Crippen molar-refractivity contribution in [2.24, 2.45) is 5.73 Å². The molecule has 0 aromatic heterocycles. The van der Waals surface area contributed by atoms with Crippen LogP contribution < -0.4 is 5.73 Å². The molecule has 0 aliphatic rings. The third-order valence-electron chi connectivity index (χ3n) is 2.78. The molecule has 1 aromatic rings. The average Bonchev–Trinajstić information content (AvgIpc) is 2.26. The zero-order valence-corrected chi connectivity index (χ0v) is 10.8. The maximum Gasteiger partial charge on any atom is 0.362 e. The summed E-state index contributed by atoms with van der Waals surface area (Å²) in [5.41, 5.74) is 6.24. The van der Waals surface area contributed by atoms with E-state index in [-0.39, 0.29) is 11.5 Å². The molecular weight excluding hydrogens is 241 g/mol. The van der Waals surface area contributed by atoms with Gasteiger partial charge in [0.15, 0.2) is 0 Å². The Bertz CT molecular complexity index is 443. The molecule has 0 heterocycles. The Morgan fingerprint density at radius 1 is 1.35 bits per heavy atom. The summed E-state index contributed by atoms with van der Waals surface area (Å²) >= 11 is 0. The van der Waals surface area contributed by atoms with Crippen molar-refractivity contribution >= 4 is 7.60 Å². The predicted molar refractivity (Wildman–Crippen MR) is 65.5 cm³/mol. The predicted octanol–water partition coefficient (Wildman–Crippen LogP) is 1.09. The fraction of sp³-hybridized carbons (Fsp3) is 0.455. The molecule has 1 aromatic carbocycles. The number of aliphatic hydroxyl groups is 1. The van der Waals surface area contributed by atoms with Crippen LogP contribution >= 0.6 is 7.60 Å². The third-order valence-corrected chi connectivity index (χ3v) is 4.17. The number of nitrogens with two attached hydrogens (primary N) is 1. The van der Waals surface area contributed by atoms with E-state index >= 15 is 0 Å². The van der Waals surface area contributed by atoms with E-state index in [1.54, 1.807) is 18.2 Å². The zero-order chi connectivity index (χ0) is 13.3. The lowest BCUT2D eigenvalue weighted by atomic mass is 9.93. The molecule has 0 saturated carbocycles. The summed E-state index contributed by atoms with van der Waals surface area (Å²) in [6, 6.07) is 6.62. The summed E-state index contributed by atoms with van der Waals surface area (Å²) in [5.74, 6) is 0.0378. The molecule has 1 atom stereocenters. The summed E-state index contributed by atoms with van der Waals surface area (Å²) < 4.78 is 11.4. The van der Waals surface area contributed by atoms with Crippen LogP contribution in [-0.2, 0) is 9.91 Å². The van der Waals surface area contributed by atoms with Crippen LogP contribution in [0.2, 0.25) is 0 Å². The Hall–Kier alpha value is -0.710. The molecule has 0 radical (unpaired) electrons. The first-order valence-electron chi connectivity index (χ1n) is 5.31. The van der Waals surface area contributed by atoms with Gasteiger partial charge in [-0.05, 0) is 11.5 Å². The molecule has 0 spiro atoms. The van der Waals surface area contributed by atoms with Crippen molar-refractivity contribution < 1.29 is 19.5 Å². The van der Waals surface area contributed by atoms with Crippen molar-refractivity contribution in [3.8, 4) is 0 Å². The largest absolute Gasteiger partial charge is 0.372 e. The molecule has 0 bridgehead atoms. The van der Waals surface area contributed by atoms with Crippen molar-refractivity contribution in [3.63, 3.8) is 0 Å². The molecule has 1 rings (SSSR count). The fourth-order valence-corrected chi connectivity index (χ4v) is 2.51. The highest BCUT2D eigenvalue weighted by atomic mass is 31.2. The molecule has 5 nitrogen and oxygen atoms in total. The molecule has 5 N–H and O–H groups in total. The SMILES string of the molecule is CC(C)c1ccccc1C(O)(CN)P(=O)(O)O. The second kappa shape index (κ2) is 4.88. The van der Waals surface area contributed by atoms with Crippen LogP contribution in [0.15, 0.2) is 24.3 Å². The number of rotatable bonds is 4. The standard InChI is InChI=1S/C11H18NO4P/c1-8(2)9-5-3-4-6-10(9)11(13,7-12)17(14,15)16/h3-6,8,13H,7,12H2,1-2H3,(H2,14,15,16). The van der Waals surface area contributed by atoms with Crippen molar-refractivity contribution in [3.05, 3.63) is 35.4 Å². The first kappa shape index (κ1) is 14.4. The highest BCUT2D eigenvalue weighted by molar-refractivity contribution is 7.52. The second-order valence-corrected chi connectivity index (χ2v) is 6.13. The van der Waals surface area contributed by atoms with Crippen molar-refractivity contribution in [1.29, 1.82) is 0 Å². The molecule has 0 aliphatic heterocycles. The van der Waals surface area contributed by atoms with Crippen LogP contribution in [-0.4, -0.2) is 21.4 Å². The third kappa shape index (κ3) is 2.59. The van der Waals surface area contributed by atoms with Crippen molar-refractivity contribution in [2.45, 2.75) is 25.1 Å². The minimum atomic E-state index is -4.75. The van der Waals surface area contributed by atoms with Gasteiger partial charge in [-0.15, -0.1) is 0 Å². The first-order valence-corrected chi connectivity index (χ1v) is 6.92. The van der Waals surface area contributed by atoms with E-state index in [0.29, 0.717) is 5.56 Å². The summed E-state index contributed by atoms with van der Waals surface area (Å²) in [6.45, 7) is 3.24. The van der Waals surface area contributed by atoms with Crippen LogP contribution in [0.1, 0.15) is 30.9 Å². The van der Waals surface area contributed by atoms with E-state index in [2.05, 4.69) is 0 Å². The zero-order valence-electron chi connectivity index (χ0n) is 9.87. The molecule has 96 valence electrons. The lowest BCUT2D eigenvalue weighted by molar-refractivity contribution is 0.0965. The van der Waals surface area contributed by atoms with Crippen LogP contribution in [0.5, 0.6) is 0 Å². The van der Waals surface area contributed by atoms with Gasteiger partial charge in [0.05, 0.1) is 0 Å². The van der Waals surface area contributed by atoms with Gasteiger partial charge in [-0.2, -0.15) is 0 Å². The van der Waals surface area contributed by atoms with Gasteiger partial charge in [0.25, 0.3) is 0 Å². The summed E-state index contributed by atoms with van der Waals surface area (Å²) in [5, 5.41) is 7.86. The molecule has 0 amide bonds. The summed E-state index contributed by atoms with van der Waals surface area (Å²) in [4.78, 5) is 18.6. The van der Waals surface area contributed by atoms with Gasteiger partial charge < -0.3 is 20.6 Å². The molecular formula is C11H18NO4P. The minimum absolute atomic E-state index is 0.0378. The Labute approximate surface area is 100 Å². The molecule has 1 unspecified atom stereocenters.